The van der Waals surface area contributed by atoms with Gasteiger partial charge in [-0.1, -0.05) is 85.8 Å². The second-order valence-electron chi connectivity index (χ2n) is 14.2. The molecule has 5 heteroatoms. The zero-order chi connectivity index (χ0) is 32.4. The fraction of sp³-hybridized carbons (Fsp3) is 0.136. The van der Waals surface area contributed by atoms with E-state index in [9.17, 15) is 0 Å². The fourth-order valence-electron chi connectivity index (χ4n) is 9.06. The van der Waals surface area contributed by atoms with Gasteiger partial charge >= 0.3 is 0 Å². The normalized spacial score (nSPS) is 20.6. The van der Waals surface area contributed by atoms with Gasteiger partial charge in [-0.3, -0.25) is 0 Å². The number of para-hydroxylation sites is 4. The van der Waals surface area contributed by atoms with Gasteiger partial charge in [-0.25, -0.2) is 0 Å². The zero-order valence-electron chi connectivity index (χ0n) is 27.4. The molecule has 0 bridgehead atoms. The van der Waals surface area contributed by atoms with E-state index in [-0.39, 0.29) is 18.2 Å². The van der Waals surface area contributed by atoms with E-state index in [4.69, 9.17) is 14.2 Å². The monoisotopic (exact) mass is 633 g/mol. The largest absolute Gasteiger partial charge is 0.482 e. The Kier molecular flexibility index (Phi) is 5.40. The van der Waals surface area contributed by atoms with E-state index in [1.807, 2.05) is 0 Å². The second kappa shape index (κ2) is 9.70. The Labute approximate surface area is 285 Å². The lowest BCUT2D eigenvalue weighted by Gasteiger charge is -2.33. The van der Waals surface area contributed by atoms with E-state index in [0.717, 1.165) is 52.7 Å². The third kappa shape index (κ3) is 3.76. The molecule has 0 saturated carbocycles. The van der Waals surface area contributed by atoms with Crippen molar-refractivity contribution >= 4 is 45.7 Å². The first-order valence-corrected chi connectivity index (χ1v) is 17.3. The molecule has 2 unspecified atom stereocenters. The topological polar surface area (TPSA) is 32.6 Å². The number of rotatable bonds is 2. The van der Waals surface area contributed by atoms with Gasteiger partial charge in [0.1, 0.15) is 34.3 Å². The summed E-state index contributed by atoms with van der Waals surface area (Å²) in [7, 11) is 0. The average molecular weight is 634 g/mol. The highest BCUT2D eigenvalue weighted by molar-refractivity contribution is 6.98. The van der Waals surface area contributed by atoms with Gasteiger partial charge in [0.2, 0.25) is 0 Å². The Balaban J connectivity index is 1.08. The maximum absolute atomic E-state index is 6.70. The van der Waals surface area contributed by atoms with Crippen molar-refractivity contribution in [3.63, 3.8) is 0 Å². The van der Waals surface area contributed by atoms with Crippen LogP contribution in [0.3, 0.4) is 0 Å². The van der Waals surface area contributed by atoms with Crippen LogP contribution in [-0.4, -0.2) is 16.9 Å². The predicted molar refractivity (Wildman–Crippen MR) is 198 cm³/mol. The summed E-state index contributed by atoms with van der Waals surface area (Å²) >= 11 is 0. The summed E-state index contributed by atoms with van der Waals surface area (Å²) in [5.74, 6) is 4.79. The van der Waals surface area contributed by atoms with Crippen LogP contribution in [0.1, 0.15) is 49.4 Å². The van der Waals surface area contributed by atoms with Crippen LogP contribution in [0, 0.1) is 0 Å². The molecular weight excluding hydrogens is 601 g/mol. The molecule has 4 heterocycles. The van der Waals surface area contributed by atoms with E-state index in [2.05, 4.69) is 146 Å². The molecule has 5 aromatic carbocycles. The summed E-state index contributed by atoms with van der Waals surface area (Å²) in [5.41, 5.74) is 13.2. The Bertz CT molecular complexity index is 2460. The van der Waals surface area contributed by atoms with Crippen molar-refractivity contribution in [2.75, 3.05) is 0 Å². The minimum Gasteiger partial charge on any atom is -0.482 e. The molecule has 0 radical (unpaired) electrons. The summed E-state index contributed by atoms with van der Waals surface area (Å²) in [6.07, 6.45) is 9.01. The standard InChI is InChI=1S/C44H32BNO3/c1-26-21-28(27-19-20-44(2)33(23-27)31-12-4-8-16-37(31)49-44)22-32-30-11-3-7-15-36(30)46(43(26)32)29-24-40-42-41(25-29)48-39-18-10-6-14-35(39)45(42)34-13-5-9-17-38(34)47-40/h3-19,22-26H,20-21H2,1-2H3. The SMILES string of the molecule is CC1CC(C2=CCC3(C)Oc4ccccc4C3=C2)=Cc2c1n(-c1cc3c4c(c1)Oc1ccccc1B4c1ccccc1O3)c1ccccc21. The highest BCUT2D eigenvalue weighted by atomic mass is 16.5. The number of hydrogen-bond donors (Lipinski definition) is 0. The third-order valence-corrected chi connectivity index (χ3v) is 11.3. The predicted octanol–water partition coefficient (Wildman–Crippen LogP) is 8.81. The van der Waals surface area contributed by atoms with Crippen molar-refractivity contribution in [2.45, 2.75) is 38.2 Å². The first kappa shape index (κ1) is 27.3. The van der Waals surface area contributed by atoms with Gasteiger partial charge in [0, 0.05) is 57.7 Å². The maximum Gasteiger partial charge on any atom is 0.260 e. The summed E-state index contributed by atoms with van der Waals surface area (Å²) in [4.78, 5) is 0. The molecule has 2 atom stereocenters. The molecule has 0 N–H and O–H groups in total. The van der Waals surface area contributed by atoms with E-state index in [0.29, 0.717) is 0 Å². The summed E-state index contributed by atoms with van der Waals surface area (Å²) < 4.78 is 22.3. The molecule has 0 saturated heterocycles. The van der Waals surface area contributed by atoms with Crippen LogP contribution >= 0.6 is 0 Å². The maximum atomic E-state index is 6.70. The summed E-state index contributed by atoms with van der Waals surface area (Å²) in [6.45, 7) is 4.65. The van der Waals surface area contributed by atoms with Crippen molar-refractivity contribution < 1.29 is 14.2 Å². The van der Waals surface area contributed by atoms with Gasteiger partial charge < -0.3 is 18.8 Å². The average Bonchev–Trinajstić information content (AvgIpc) is 3.63. The van der Waals surface area contributed by atoms with Gasteiger partial charge in [0.05, 0.1) is 11.2 Å². The number of fused-ring (bicyclic) bond motifs is 10. The Hall–Kier alpha value is -5.68. The van der Waals surface area contributed by atoms with Crippen LogP contribution in [-0.2, 0) is 0 Å². The summed E-state index contributed by atoms with van der Waals surface area (Å²) in [5, 5.41) is 1.26. The van der Waals surface area contributed by atoms with Crippen LogP contribution in [0.4, 0.5) is 0 Å². The highest BCUT2D eigenvalue weighted by Gasteiger charge is 2.42. The second-order valence-corrected chi connectivity index (χ2v) is 14.2. The number of nitrogens with zero attached hydrogens (tertiary/aromatic N) is 1. The van der Waals surface area contributed by atoms with Gasteiger partial charge in [0.25, 0.3) is 6.71 Å². The van der Waals surface area contributed by atoms with Crippen LogP contribution < -0.4 is 30.6 Å². The van der Waals surface area contributed by atoms with Gasteiger partial charge in [-0.2, -0.15) is 0 Å². The van der Waals surface area contributed by atoms with Crippen molar-refractivity contribution in [1.29, 1.82) is 0 Å². The van der Waals surface area contributed by atoms with E-state index in [1.165, 1.54) is 55.4 Å². The molecule has 1 aromatic heterocycles. The Morgan fingerprint density at radius 2 is 1.39 bits per heavy atom. The van der Waals surface area contributed by atoms with Crippen LogP contribution in [0.2, 0.25) is 0 Å². The molecule has 0 spiro atoms. The molecule has 4 nitrogen and oxygen atoms in total. The van der Waals surface area contributed by atoms with E-state index >= 15 is 0 Å². The molecule has 3 aliphatic heterocycles. The van der Waals surface area contributed by atoms with E-state index < -0.39 is 0 Å². The number of allylic oxidation sites excluding steroid dienone is 3. The van der Waals surface area contributed by atoms with E-state index in [1.54, 1.807) is 0 Å². The quantitative estimate of drug-likeness (QED) is 0.179. The highest BCUT2D eigenvalue weighted by Crippen LogP contribution is 2.51. The smallest absolute Gasteiger partial charge is 0.260 e. The Morgan fingerprint density at radius 1 is 0.735 bits per heavy atom. The summed E-state index contributed by atoms with van der Waals surface area (Å²) in [6, 6.07) is 38.5. The first-order chi connectivity index (χ1) is 24.0. The molecule has 11 rings (SSSR count). The lowest BCUT2D eigenvalue weighted by Crippen LogP contribution is -2.57. The molecule has 2 aliphatic carbocycles. The lowest BCUT2D eigenvalue weighted by atomic mass is 9.35. The van der Waals surface area contributed by atoms with Crippen LogP contribution in [0.25, 0.3) is 28.2 Å². The number of benzene rings is 5. The zero-order valence-corrected chi connectivity index (χ0v) is 27.4. The molecule has 0 amide bonds. The van der Waals surface area contributed by atoms with Crippen molar-refractivity contribution in [1.82, 2.24) is 4.57 Å². The van der Waals surface area contributed by atoms with Gasteiger partial charge in [-0.15, -0.1) is 0 Å². The van der Waals surface area contributed by atoms with Gasteiger partial charge in [-0.05, 0) is 71.8 Å². The first-order valence-electron chi connectivity index (χ1n) is 17.3. The van der Waals surface area contributed by atoms with Crippen LogP contribution in [0.15, 0.2) is 132 Å². The molecule has 5 aliphatic rings. The number of ether oxygens (including phenoxy) is 3. The third-order valence-electron chi connectivity index (χ3n) is 11.3. The molecular formula is C44H32BNO3. The molecule has 0 fully saturated rings. The fourth-order valence-corrected chi connectivity index (χ4v) is 9.06. The molecule has 6 aromatic rings. The van der Waals surface area contributed by atoms with Crippen molar-refractivity contribution in [3.8, 4) is 34.4 Å². The number of hydrogen-bond acceptors (Lipinski definition) is 3. The molecule has 234 valence electrons. The minimum atomic E-state index is -0.313. The molecule has 49 heavy (non-hydrogen) atoms. The lowest BCUT2D eigenvalue weighted by molar-refractivity contribution is 0.170. The Morgan fingerprint density at radius 3 is 2.14 bits per heavy atom. The van der Waals surface area contributed by atoms with Crippen molar-refractivity contribution in [2.24, 2.45) is 0 Å². The van der Waals surface area contributed by atoms with Crippen molar-refractivity contribution in [3.05, 3.63) is 149 Å². The van der Waals surface area contributed by atoms with Crippen LogP contribution in [0.5, 0.6) is 28.7 Å². The number of aromatic nitrogens is 1. The minimum absolute atomic E-state index is 0.0608. The van der Waals surface area contributed by atoms with Gasteiger partial charge in [0.15, 0.2) is 0 Å².